The van der Waals surface area contributed by atoms with Crippen LogP contribution >= 0.6 is 0 Å². The third-order valence-electron chi connectivity index (χ3n) is 1.53. The normalized spacial score (nSPS) is 14.9. The van der Waals surface area contributed by atoms with E-state index in [9.17, 15) is 9.00 Å². The number of hydrogen-bond donors (Lipinski definition) is 3. The molecule has 12 heavy (non-hydrogen) atoms. The van der Waals surface area contributed by atoms with E-state index < -0.39 is 16.8 Å². The number of hydrazine groups is 1. The highest BCUT2D eigenvalue weighted by Gasteiger charge is 2.05. The number of rotatable bonds is 4. The number of nitrogens with one attached hydrogen (secondary N) is 2. The van der Waals surface area contributed by atoms with Gasteiger partial charge in [-0.3, -0.25) is 9.63 Å². The highest BCUT2D eigenvalue weighted by molar-refractivity contribution is 7.84. The Balaban J connectivity index is 3.43. The molecule has 0 aliphatic carbocycles. The number of carbonyl (C=O) groups excluding carboxylic acids is 1. The Morgan fingerprint density at radius 1 is 1.67 bits per heavy atom. The summed E-state index contributed by atoms with van der Waals surface area (Å²) in [5.41, 5.74) is 1.94. The van der Waals surface area contributed by atoms with E-state index in [1.54, 1.807) is 6.26 Å². The van der Waals surface area contributed by atoms with Crippen molar-refractivity contribution in [3.8, 4) is 0 Å². The monoisotopic (exact) mass is 193 g/mol. The fraction of sp³-hybridized carbons (Fsp3) is 0.833. The van der Waals surface area contributed by atoms with E-state index in [1.165, 1.54) is 0 Å². The molecule has 0 aromatic heterocycles. The molecule has 0 heterocycles. The van der Waals surface area contributed by atoms with E-state index in [1.807, 2.05) is 12.3 Å². The second-order valence-corrected chi connectivity index (χ2v) is 4.30. The van der Waals surface area contributed by atoms with Gasteiger partial charge < -0.3 is 5.32 Å². The van der Waals surface area contributed by atoms with Crippen LogP contribution in [0.25, 0.3) is 0 Å². The molecule has 72 valence electrons. The van der Waals surface area contributed by atoms with E-state index in [0.717, 1.165) is 0 Å². The summed E-state index contributed by atoms with van der Waals surface area (Å²) in [6.07, 6.45) is 2.34. The van der Waals surface area contributed by atoms with Gasteiger partial charge in [-0.1, -0.05) is 6.92 Å². The van der Waals surface area contributed by atoms with Crippen LogP contribution in [0.5, 0.6) is 0 Å². The Bertz CT molecular complexity index is 174. The van der Waals surface area contributed by atoms with Gasteiger partial charge in [0, 0.05) is 28.9 Å². The molecule has 0 radical (unpaired) electrons. The molecule has 5 nitrogen and oxygen atoms in total. The molecule has 0 aliphatic rings. The molecule has 4 N–H and O–H groups in total. The molecule has 0 aromatic rings. The number of carbonyl (C=O) groups is 1. The maximum Gasteiger partial charge on any atom is 0.328 e. The molecule has 2 amide bonds. The van der Waals surface area contributed by atoms with Crippen LogP contribution in [0.15, 0.2) is 0 Å². The van der Waals surface area contributed by atoms with Crippen molar-refractivity contribution in [2.45, 2.75) is 18.6 Å². The summed E-state index contributed by atoms with van der Waals surface area (Å²) in [6, 6.07) is -0.413. The van der Waals surface area contributed by atoms with Gasteiger partial charge in [-0.05, 0) is 6.42 Å². The van der Waals surface area contributed by atoms with Crippen LogP contribution in [-0.2, 0) is 10.8 Å². The lowest BCUT2D eigenvalue weighted by atomic mass is 10.3. The summed E-state index contributed by atoms with van der Waals surface area (Å²) in [4.78, 5) is 10.5. The molecule has 0 aliphatic heterocycles. The molecule has 2 unspecified atom stereocenters. The van der Waals surface area contributed by atoms with Crippen molar-refractivity contribution in [1.82, 2.24) is 10.7 Å². The van der Waals surface area contributed by atoms with Gasteiger partial charge in [-0.2, -0.15) is 0 Å². The van der Waals surface area contributed by atoms with Crippen LogP contribution in [0.3, 0.4) is 0 Å². The van der Waals surface area contributed by atoms with Crippen LogP contribution in [0.2, 0.25) is 0 Å². The molecular weight excluding hydrogens is 178 g/mol. The second kappa shape index (κ2) is 5.96. The van der Waals surface area contributed by atoms with Gasteiger partial charge in [0.25, 0.3) is 0 Å². The minimum atomic E-state index is -0.830. The standard InChI is InChI=1S/C6H15N3O2S/c1-5(12(2)11)3-4-8-6(10)9-7/h5H,3-4,7H2,1-2H3,(H2,8,9,10). The van der Waals surface area contributed by atoms with E-state index in [0.29, 0.717) is 13.0 Å². The second-order valence-electron chi connectivity index (χ2n) is 2.50. The maximum atomic E-state index is 10.8. The van der Waals surface area contributed by atoms with Crippen molar-refractivity contribution in [3.05, 3.63) is 0 Å². The van der Waals surface area contributed by atoms with Crippen LogP contribution in [0.4, 0.5) is 4.79 Å². The first-order valence-corrected chi connectivity index (χ1v) is 5.26. The minimum absolute atomic E-state index is 0.100. The molecule has 0 rings (SSSR count). The van der Waals surface area contributed by atoms with Crippen LogP contribution in [0.1, 0.15) is 13.3 Å². The van der Waals surface area contributed by atoms with Gasteiger partial charge in [0.2, 0.25) is 0 Å². The molecule has 0 bridgehead atoms. The Labute approximate surface area is 74.5 Å². The van der Waals surface area contributed by atoms with Crippen molar-refractivity contribution in [2.24, 2.45) is 5.84 Å². The highest BCUT2D eigenvalue weighted by Crippen LogP contribution is 1.96. The maximum absolute atomic E-state index is 10.8. The first-order valence-electron chi connectivity index (χ1n) is 3.64. The van der Waals surface area contributed by atoms with Gasteiger partial charge in [-0.15, -0.1) is 0 Å². The molecule has 6 heteroatoms. The number of nitrogens with two attached hydrogens (primary N) is 1. The molecule has 0 aromatic carbocycles. The van der Waals surface area contributed by atoms with Crippen molar-refractivity contribution in [2.75, 3.05) is 12.8 Å². The van der Waals surface area contributed by atoms with E-state index in [-0.39, 0.29) is 5.25 Å². The molecule has 2 atom stereocenters. The van der Waals surface area contributed by atoms with E-state index >= 15 is 0 Å². The Morgan fingerprint density at radius 2 is 2.25 bits per heavy atom. The largest absolute Gasteiger partial charge is 0.337 e. The molecular formula is C6H15N3O2S. The van der Waals surface area contributed by atoms with Gasteiger partial charge in [-0.25, -0.2) is 10.6 Å². The Morgan fingerprint density at radius 3 is 2.67 bits per heavy atom. The first-order chi connectivity index (χ1) is 5.57. The van der Waals surface area contributed by atoms with Gasteiger partial charge in [0.05, 0.1) is 0 Å². The smallest absolute Gasteiger partial charge is 0.328 e. The first kappa shape index (κ1) is 11.4. The van der Waals surface area contributed by atoms with Gasteiger partial charge in [0.15, 0.2) is 0 Å². The molecule has 0 spiro atoms. The topological polar surface area (TPSA) is 84.2 Å². The average Bonchev–Trinajstić information content (AvgIpc) is 2.03. The lowest BCUT2D eigenvalue weighted by molar-refractivity contribution is 0.241. The number of hydrogen-bond acceptors (Lipinski definition) is 3. The zero-order valence-electron chi connectivity index (χ0n) is 7.29. The van der Waals surface area contributed by atoms with Gasteiger partial charge >= 0.3 is 6.03 Å². The average molecular weight is 193 g/mol. The summed E-state index contributed by atoms with van der Waals surface area (Å²) in [7, 11) is -0.830. The molecule has 0 saturated heterocycles. The highest BCUT2D eigenvalue weighted by atomic mass is 32.2. The predicted molar refractivity (Wildman–Crippen MR) is 48.9 cm³/mol. The van der Waals surface area contributed by atoms with Crippen molar-refractivity contribution in [1.29, 1.82) is 0 Å². The summed E-state index contributed by atoms with van der Waals surface area (Å²) in [6.45, 7) is 2.36. The summed E-state index contributed by atoms with van der Waals surface area (Å²) < 4.78 is 10.8. The minimum Gasteiger partial charge on any atom is -0.337 e. The lowest BCUT2D eigenvalue weighted by Crippen LogP contribution is -2.40. The SMILES string of the molecule is CC(CCNC(=O)NN)S(C)=O. The Kier molecular flexibility index (Phi) is 5.65. The van der Waals surface area contributed by atoms with Crippen molar-refractivity contribution in [3.63, 3.8) is 0 Å². The zero-order valence-corrected chi connectivity index (χ0v) is 8.11. The van der Waals surface area contributed by atoms with Crippen LogP contribution in [-0.4, -0.2) is 28.3 Å². The number of amides is 2. The quantitative estimate of drug-likeness (QED) is 0.314. The third-order valence-corrected chi connectivity index (χ3v) is 2.90. The van der Waals surface area contributed by atoms with E-state index in [2.05, 4.69) is 5.32 Å². The van der Waals surface area contributed by atoms with Crippen molar-refractivity contribution < 1.29 is 9.00 Å². The summed E-state index contributed by atoms with van der Waals surface area (Å²) in [5.74, 6) is 4.83. The molecule has 0 fully saturated rings. The van der Waals surface area contributed by atoms with Crippen LogP contribution in [0, 0.1) is 0 Å². The van der Waals surface area contributed by atoms with Gasteiger partial charge in [0.1, 0.15) is 0 Å². The fourth-order valence-corrected chi connectivity index (χ4v) is 1.06. The summed E-state index contributed by atoms with van der Waals surface area (Å²) >= 11 is 0. The lowest BCUT2D eigenvalue weighted by Gasteiger charge is -2.08. The Hall–Kier alpha value is -0.620. The fourth-order valence-electron chi connectivity index (χ4n) is 0.606. The van der Waals surface area contributed by atoms with Crippen LogP contribution < -0.4 is 16.6 Å². The summed E-state index contributed by atoms with van der Waals surface area (Å²) in [5, 5.41) is 2.61. The van der Waals surface area contributed by atoms with E-state index in [4.69, 9.17) is 5.84 Å². The van der Waals surface area contributed by atoms with Crippen molar-refractivity contribution >= 4 is 16.8 Å². The number of urea groups is 1. The predicted octanol–water partition coefficient (Wildman–Crippen LogP) is -0.684. The molecule has 0 saturated carbocycles. The third kappa shape index (κ3) is 5.09. The zero-order chi connectivity index (χ0) is 9.56.